The van der Waals surface area contributed by atoms with E-state index in [1.54, 1.807) is 0 Å². The number of hydrogen-bond donors (Lipinski definition) is 0. The zero-order valence-electron chi connectivity index (χ0n) is 12.9. The van der Waals surface area contributed by atoms with Crippen molar-refractivity contribution in [3.05, 3.63) is 53.2 Å². The van der Waals surface area contributed by atoms with E-state index in [4.69, 9.17) is 0 Å². The molecule has 0 aliphatic carbocycles. The van der Waals surface area contributed by atoms with Gasteiger partial charge in [0, 0.05) is 13.1 Å². The molecule has 2 aromatic rings. The van der Waals surface area contributed by atoms with Crippen molar-refractivity contribution in [3.8, 4) is 0 Å². The minimum absolute atomic E-state index is 0.795. The maximum Gasteiger partial charge on any atom is 0.151 e. The quantitative estimate of drug-likeness (QED) is 0.861. The molecule has 1 aromatic carbocycles. The van der Waals surface area contributed by atoms with Crippen LogP contribution in [-0.2, 0) is 6.42 Å². The highest BCUT2D eigenvalue weighted by atomic mass is 15.3. The van der Waals surface area contributed by atoms with Crippen LogP contribution in [0.3, 0.4) is 0 Å². The van der Waals surface area contributed by atoms with E-state index in [-0.39, 0.29) is 0 Å². The Kier molecular flexibility index (Phi) is 4.18. The summed E-state index contributed by atoms with van der Waals surface area (Å²) in [5.74, 6) is 1.83. The Morgan fingerprint density at radius 3 is 2.43 bits per heavy atom. The highest BCUT2D eigenvalue weighted by molar-refractivity contribution is 5.41. The summed E-state index contributed by atoms with van der Waals surface area (Å²) >= 11 is 0. The highest BCUT2D eigenvalue weighted by Gasteiger charge is 2.20. The third-order valence-corrected chi connectivity index (χ3v) is 4.52. The van der Waals surface area contributed by atoms with Crippen molar-refractivity contribution in [2.45, 2.75) is 33.1 Å². The molecule has 3 heteroatoms. The lowest BCUT2D eigenvalue weighted by atomic mass is 9.90. The number of aryl methyl sites for hydroxylation is 2. The van der Waals surface area contributed by atoms with Gasteiger partial charge in [0.15, 0.2) is 5.82 Å². The number of anilines is 1. The third-order valence-electron chi connectivity index (χ3n) is 4.52. The van der Waals surface area contributed by atoms with E-state index in [2.05, 4.69) is 58.4 Å². The van der Waals surface area contributed by atoms with Crippen molar-refractivity contribution in [2.75, 3.05) is 18.0 Å². The Morgan fingerprint density at radius 2 is 1.76 bits per heavy atom. The molecule has 1 aliphatic heterocycles. The lowest BCUT2D eigenvalue weighted by Crippen LogP contribution is -2.35. The van der Waals surface area contributed by atoms with Crippen molar-refractivity contribution in [3.63, 3.8) is 0 Å². The summed E-state index contributed by atoms with van der Waals surface area (Å²) in [5, 5.41) is 8.60. The van der Waals surface area contributed by atoms with E-state index in [1.807, 2.05) is 6.92 Å². The van der Waals surface area contributed by atoms with Crippen molar-refractivity contribution in [2.24, 2.45) is 5.92 Å². The first-order valence-electron chi connectivity index (χ1n) is 7.82. The number of rotatable bonds is 3. The third kappa shape index (κ3) is 3.41. The van der Waals surface area contributed by atoms with Crippen LogP contribution in [0.15, 0.2) is 36.4 Å². The second-order valence-corrected chi connectivity index (χ2v) is 6.09. The summed E-state index contributed by atoms with van der Waals surface area (Å²) in [6.45, 7) is 6.30. The fourth-order valence-electron chi connectivity index (χ4n) is 3.00. The minimum atomic E-state index is 0.795. The van der Waals surface area contributed by atoms with Crippen LogP contribution in [0.1, 0.15) is 29.7 Å². The zero-order valence-corrected chi connectivity index (χ0v) is 12.9. The number of benzene rings is 1. The molecule has 0 amide bonds. The molecule has 0 atom stereocenters. The van der Waals surface area contributed by atoms with Gasteiger partial charge in [-0.1, -0.05) is 30.3 Å². The normalized spacial score (nSPS) is 16.2. The Labute approximate surface area is 127 Å². The predicted octanol–water partition coefficient (Wildman–Crippen LogP) is 3.55. The molecule has 1 aromatic heterocycles. The summed E-state index contributed by atoms with van der Waals surface area (Å²) in [6.07, 6.45) is 3.68. The molecule has 21 heavy (non-hydrogen) atoms. The fraction of sp³-hybridized carbons (Fsp3) is 0.444. The van der Waals surface area contributed by atoms with Crippen LogP contribution >= 0.6 is 0 Å². The van der Waals surface area contributed by atoms with Crippen LogP contribution in [0.5, 0.6) is 0 Å². The number of aromatic nitrogens is 2. The predicted molar refractivity (Wildman–Crippen MR) is 86.6 cm³/mol. The van der Waals surface area contributed by atoms with Gasteiger partial charge < -0.3 is 4.90 Å². The van der Waals surface area contributed by atoms with Gasteiger partial charge >= 0.3 is 0 Å². The molecular formula is C18H23N3. The highest BCUT2D eigenvalue weighted by Crippen LogP contribution is 2.25. The number of piperidine rings is 1. The minimum Gasteiger partial charge on any atom is -0.355 e. The van der Waals surface area contributed by atoms with Gasteiger partial charge in [0.2, 0.25) is 0 Å². The largest absolute Gasteiger partial charge is 0.355 e. The molecular weight excluding hydrogens is 258 g/mol. The van der Waals surface area contributed by atoms with E-state index in [1.165, 1.54) is 30.4 Å². The van der Waals surface area contributed by atoms with Crippen LogP contribution in [0.25, 0.3) is 0 Å². The van der Waals surface area contributed by atoms with E-state index in [0.717, 1.165) is 30.5 Å². The summed E-state index contributed by atoms with van der Waals surface area (Å²) in [6, 6.07) is 13.0. The van der Waals surface area contributed by atoms with Crippen molar-refractivity contribution in [1.29, 1.82) is 0 Å². The maximum atomic E-state index is 4.35. The molecule has 0 spiro atoms. The van der Waals surface area contributed by atoms with Crippen molar-refractivity contribution in [1.82, 2.24) is 10.2 Å². The fourth-order valence-corrected chi connectivity index (χ4v) is 3.00. The van der Waals surface area contributed by atoms with E-state index >= 15 is 0 Å². The van der Waals surface area contributed by atoms with Crippen LogP contribution in [0, 0.1) is 19.8 Å². The topological polar surface area (TPSA) is 29.0 Å². The monoisotopic (exact) mass is 281 g/mol. The van der Waals surface area contributed by atoms with Crippen LogP contribution in [0.2, 0.25) is 0 Å². The van der Waals surface area contributed by atoms with Gasteiger partial charge in [-0.3, -0.25) is 0 Å². The first kappa shape index (κ1) is 14.1. The van der Waals surface area contributed by atoms with Crippen LogP contribution in [0.4, 0.5) is 5.82 Å². The van der Waals surface area contributed by atoms with Crippen molar-refractivity contribution >= 4 is 5.82 Å². The number of nitrogens with zero attached hydrogens (tertiary/aromatic N) is 3. The molecule has 3 rings (SSSR count). The zero-order chi connectivity index (χ0) is 14.7. The SMILES string of the molecule is Cc1cc(N2CCC(Cc3ccccc3)CC2)nnc1C. The Balaban J connectivity index is 1.58. The van der Waals surface area contributed by atoms with Gasteiger partial charge in [-0.05, 0) is 56.2 Å². The van der Waals surface area contributed by atoms with Gasteiger partial charge in [-0.15, -0.1) is 5.10 Å². The lowest BCUT2D eigenvalue weighted by molar-refractivity contribution is 0.401. The second-order valence-electron chi connectivity index (χ2n) is 6.09. The molecule has 0 bridgehead atoms. The molecule has 3 nitrogen and oxygen atoms in total. The van der Waals surface area contributed by atoms with E-state index in [9.17, 15) is 0 Å². The standard InChI is InChI=1S/C18H23N3/c1-14-12-18(20-19-15(14)2)21-10-8-17(9-11-21)13-16-6-4-3-5-7-16/h3-7,12,17H,8-11,13H2,1-2H3. The Bertz CT molecular complexity index is 587. The molecule has 0 radical (unpaired) electrons. The summed E-state index contributed by atoms with van der Waals surface area (Å²) in [5.41, 5.74) is 3.71. The first-order valence-corrected chi connectivity index (χ1v) is 7.82. The molecule has 2 heterocycles. The smallest absolute Gasteiger partial charge is 0.151 e. The van der Waals surface area contributed by atoms with Gasteiger partial charge in [-0.2, -0.15) is 5.10 Å². The lowest BCUT2D eigenvalue weighted by Gasteiger charge is -2.32. The molecule has 1 fully saturated rings. The Morgan fingerprint density at radius 1 is 1.05 bits per heavy atom. The van der Waals surface area contributed by atoms with E-state index in [0.29, 0.717) is 0 Å². The average Bonchev–Trinajstić information content (AvgIpc) is 2.52. The second kappa shape index (κ2) is 6.25. The average molecular weight is 281 g/mol. The first-order chi connectivity index (χ1) is 10.2. The summed E-state index contributed by atoms with van der Waals surface area (Å²) < 4.78 is 0. The van der Waals surface area contributed by atoms with E-state index < -0.39 is 0 Å². The molecule has 110 valence electrons. The molecule has 1 aliphatic rings. The molecule has 0 N–H and O–H groups in total. The van der Waals surface area contributed by atoms with Crippen LogP contribution in [-0.4, -0.2) is 23.3 Å². The van der Waals surface area contributed by atoms with Gasteiger partial charge in [-0.25, -0.2) is 0 Å². The summed E-state index contributed by atoms with van der Waals surface area (Å²) in [7, 11) is 0. The maximum absolute atomic E-state index is 4.35. The van der Waals surface area contributed by atoms with Crippen LogP contribution < -0.4 is 4.90 Å². The number of hydrogen-bond acceptors (Lipinski definition) is 3. The van der Waals surface area contributed by atoms with Gasteiger partial charge in [0.05, 0.1) is 5.69 Å². The van der Waals surface area contributed by atoms with Gasteiger partial charge in [0.25, 0.3) is 0 Å². The molecule has 0 unspecified atom stereocenters. The summed E-state index contributed by atoms with van der Waals surface area (Å²) in [4.78, 5) is 2.38. The van der Waals surface area contributed by atoms with Gasteiger partial charge in [0.1, 0.15) is 0 Å². The molecule has 1 saturated heterocycles. The van der Waals surface area contributed by atoms with Crippen molar-refractivity contribution < 1.29 is 0 Å². The Hall–Kier alpha value is -1.90. The molecule has 0 saturated carbocycles.